The molecule has 1 N–H and O–H groups in total. The van der Waals surface area contributed by atoms with Gasteiger partial charge in [0, 0.05) is 38.5 Å². The molecule has 0 bridgehead atoms. The molecule has 8 rings (SSSR count). The van der Waals surface area contributed by atoms with Crippen LogP contribution in [0.15, 0.2) is 127 Å². The quantitative estimate of drug-likeness (QED) is 0.214. The Morgan fingerprint density at radius 2 is 1.02 bits per heavy atom. The molecule has 0 saturated carbocycles. The van der Waals surface area contributed by atoms with E-state index >= 15 is 0 Å². The van der Waals surface area contributed by atoms with E-state index in [0.717, 1.165) is 11.4 Å². The fourth-order valence-electron chi connectivity index (χ4n) is 7.04. The summed E-state index contributed by atoms with van der Waals surface area (Å²) in [5, 5.41) is 8.99. The minimum Gasteiger partial charge on any atom is -0.355 e. The average Bonchev–Trinajstić information content (AvgIpc) is 3.56. The first-order valence-electron chi connectivity index (χ1n) is 16.4. The molecule has 0 atom stereocenters. The van der Waals surface area contributed by atoms with Gasteiger partial charge >= 0.3 is 0 Å². The molecule has 0 aliphatic heterocycles. The maximum absolute atomic E-state index is 3.81. The van der Waals surface area contributed by atoms with Gasteiger partial charge in [-0.1, -0.05) is 126 Å². The summed E-state index contributed by atoms with van der Waals surface area (Å²) in [5.41, 5.74) is 13.8. The Morgan fingerprint density at radius 1 is 0.457 bits per heavy atom. The Hall–Kier alpha value is -5.08. The first kappa shape index (κ1) is 28.4. The van der Waals surface area contributed by atoms with Gasteiger partial charge in [0.1, 0.15) is 0 Å². The molecule has 2 aromatic heterocycles. The number of rotatable bonds is 4. The molecule has 0 unspecified atom stereocenters. The minimum absolute atomic E-state index is 0.0685. The molecule has 2 heteroatoms. The Labute approximate surface area is 271 Å². The number of hydrogen-bond donors (Lipinski definition) is 1. The number of anilines is 2. The van der Waals surface area contributed by atoms with Crippen LogP contribution in [0.1, 0.15) is 52.7 Å². The number of para-hydroxylation sites is 3. The third kappa shape index (κ3) is 4.63. The summed E-state index contributed by atoms with van der Waals surface area (Å²) in [6.45, 7) is 13.8. The molecule has 8 aromatic rings. The van der Waals surface area contributed by atoms with Gasteiger partial charge in [-0.3, -0.25) is 0 Å². The number of aromatic nitrogens is 1. The summed E-state index contributed by atoms with van der Waals surface area (Å²) in [6, 6.07) is 47.0. The van der Waals surface area contributed by atoms with E-state index in [9.17, 15) is 0 Å². The smallest absolute Gasteiger partial charge is 0.0620 e. The highest BCUT2D eigenvalue weighted by molar-refractivity contribution is 6.24. The van der Waals surface area contributed by atoms with Gasteiger partial charge in [-0.25, -0.2) is 0 Å². The predicted octanol–water partition coefficient (Wildman–Crippen LogP) is 12.5. The number of nitrogens with zero attached hydrogens (tertiary/aromatic N) is 1. The van der Waals surface area contributed by atoms with E-state index in [1.54, 1.807) is 0 Å². The van der Waals surface area contributed by atoms with E-state index in [4.69, 9.17) is 0 Å². The van der Waals surface area contributed by atoms with Crippen molar-refractivity contribution in [2.45, 2.75) is 52.4 Å². The lowest BCUT2D eigenvalue weighted by atomic mass is 9.79. The number of fused-ring (bicyclic) bond motifs is 6. The highest BCUT2D eigenvalue weighted by Crippen LogP contribution is 2.43. The van der Waals surface area contributed by atoms with Crippen molar-refractivity contribution in [1.29, 1.82) is 0 Å². The zero-order valence-electron chi connectivity index (χ0n) is 27.6. The molecule has 226 valence electrons. The molecule has 0 radical (unpaired) electrons. The Balaban J connectivity index is 1.25. The van der Waals surface area contributed by atoms with Crippen LogP contribution in [-0.2, 0) is 10.8 Å². The van der Waals surface area contributed by atoms with E-state index in [1.165, 1.54) is 71.5 Å². The van der Waals surface area contributed by atoms with Crippen molar-refractivity contribution in [3.8, 4) is 22.3 Å². The largest absolute Gasteiger partial charge is 0.355 e. The molecule has 0 saturated heterocycles. The third-order valence-electron chi connectivity index (χ3n) is 9.58. The summed E-state index contributed by atoms with van der Waals surface area (Å²) in [6.07, 6.45) is 0. The maximum Gasteiger partial charge on any atom is 0.0620 e. The molecule has 2 heterocycles. The SMILES string of the molecule is CC(C)(C)c1cc(-c2cccc(Nc3ccccc3-c3cc4c5ccccc5n5c6ccccc6c(c3)c45)c2)cc(C(C)(C)C)c1. The van der Waals surface area contributed by atoms with Gasteiger partial charge in [0.15, 0.2) is 0 Å². The fraction of sp³-hybridized carbons (Fsp3) is 0.182. The normalized spacial score (nSPS) is 12.6. The molecule has 0 aliphatic carbocycles. The summed E-state index contributed by atoms with van der Waals surface area (Å²) in [5.74, 6) is 0. The van der Waals surface area contributed by atoms with Gasteiger partial charge in [-0.15, -0.1) is 0 Å². The van der Waals surface area contributed by atoms with Gasteiger partial charge in [0.05, 0.1) is 16.6 Å². The molecule has 2 nitrogen and oxygen atoms in total. The highest BCUT2D eigenvalue weighted by Gasteiger charge is 2.22. The zero-order chi connectivity index (χ0) is 31.8. The van der Waals surface area contributed by atoms with E-state index in [-0.39, 0.29) is 10.8 Å². The van der Waals surface area contributed by atoms with Crippen LogP contribution < -0.4 is 5.32 Å². The van der Waals surface area contributed by atoms with Gasteiger partial charge < -0.3 is 9.72 Å². The zero-order valence-corrected chi connectivity index (χ0v) is 27.6. The third-order valence-corrected chi connectivity index (χ3v) is 9.58. The number of hydrogen-bond acceptors (Lipinski definition) is 1. The standard InChI is InChI=1S/C44H40N2/c1-43(2,3)31-22-29(23-32(27-31)44(4,5)6)28-14-13-15-33(24-28)45-39-19-10-7-16-34(39)30-25-37-35-17-8-11-20-40(35)46-41-21-12-9-18-36(41)38(26-30)42(37)46/h7-27,45H,1-6H3. The molecular formula is C44H40N2. The Morgan fingerprint density at radius 3 is 1.63 bits per heavy atom. The van der Waals surface area contributed by atoms with Crippen molar-refractivity contribution in [2.75, 3.05) is 5.32 Å². The van der Waals surface area contributed by atoms with Crippen LogP contribution in [0, 0.1) is 0 Å². The first-order valence-corrected chi connectivity index (χ1v) is 16.4. The monoisotopic (exact) mass is 596 g/mol. The van der Waals surface area contributed by atoms with E-state index < -0.39 is 0 Å². The second-order valence-electron chi connectivity index (χ2n) is 14.8. The molecule has 0 fully saturated rings. The van der Waals surface area contributed by atoms with Gasteiger partial charge in [-0.2, -0.15) is 0 Å². The van der Waals surface area contributed by atoms with E-state index in [1.807, 2.05) is 0 Å². The molecule has 6 aromatic carbocycles. The van der Waals surface area contributed by atoms with Crippen molar-refractivity contribution in [3.05, 3.63) is 139 Å². The summed E-state index contributed by atoms with van der Waals surface area (Å²) in [7, 11) is 0. The Bertz CT molecular complexity index is 2290. The molecule has 46 heavy (non-hydrogen) atoms. The average molecular weight is 597 g/mol. The predicted molar refractivity (Wildman–Crippen MR) is 199 cm³/mol. The summed E-state index contributed by atoms with van der Waals surface area (Å²) in [4.78, 5) is 0. The minimum atomic E-state index is 0.0685. The van der Waals surface area contributed by atoms with Crippen LogP contribution in [0.25, 0.3) is 60.3 Å². The lowest BCUT2D eigenvalue weighted by Gasteiger charge is -2.26. The topological polar surface area (TPSA) is 16.4 Å². The van der Waals surface area contributed by atoms with E-state index in [2.05, 4.69) is 179 Å². The maximum atomic E-state index is 3.81. The van der Waals surface area contributed by atoms with Gasteiger partial charge in [0.25, 0.3) is 0 Å². The molecule has 0 spiro atoms. The second-order valence-corrected chi connectivity index (χ2v) is 14.8. The van der Waals surface area contributed by atoms with Crippen LogP contribution in [-0.4, -0.2) is 4.40 Å². The van der Waals surface area contributed by atoms with Crippen molar-refractivity contribution in [2.24, 2.45) is 0 Å². The van der Waals surface area contributed by atoms with Crippen molar-refractivity contribution < 1.29 is 0 Å². The number of nitrogens with one attached hydrogen (secondary N) is 1. The first-order chi connectivity index (χ1) is 22.1. The fourth-order valence-corrected chi connectivity index (χ4v) is 7.04. The molecular weight excluding hydrogens is 556 g/mol. The summed E-state index contributed by atoms with van der Waals surface area (Å²) >= 11 is 0. The van der Waals surface area contributed by atoms with Crippen LogP contribution in [0.4, 0.5) is 11.4 Å². The van der Waals surface area contributed by atoms with E-state index in [0.29, 0.717) is 0 Å². The van der Waals surface area contributed by atoms with Crippen molar-refractivity contribution in [1.82, 2.24) is 4.40 Å². The molecule has 0 aliphatic rings. The van der Waals surface area contributed by atoms with Crippen LogP contribution in [0.3, 0.4) is 0 Å². The van der Waals surface area contributed by atoms with Crippen LogP contribution in [0.5, 0.6) is 0 Å². The highest BCUT2D eigenvalue weighted by atomic mass is 14.9. The summed E-state index contributed by atoms with van der Waals surface area (Å²) < 4.78 is 2.44. The van der Waals surface area contributed by atoms with Gasteiger partial charge in [0.2, 0.25) is 0 Å². The molecule has 0 amide bonds. The van der Waals surface area contributed by atoms with Crippen molar-refractivity contribution >= 4 is 49.5 Å². The number of benzene rings is 6. The van der Waals surface area contributed by atoms with Crippen LogP contribution in [0.2, 0.25) is 0 Å². The van der Waals surface area contributed by atoms with Gasteiger partial charge in [-0.05, 0) is 81.1 Å². The lowest BCUT2D eigenvalue weighted by molar-refractivity contribution is 0.569. The second kappa shape index (κ2) is 10.2. The Kier molecular flexibility index (Phi) is 6.31. The van der Waals surface area contributed by atoms with Crippen molar-refractivity contribution in [3.63, 3.8) is 0 Å². The van der Waals surface area contributed by atoms with Crippen LogP contribution >= 0.6 is 0 Å². The lowest BCUT2D eigenvalue weighted by Crippen LogP contribution is -2.16.